The minimum Gasteiger partial charge on any atom is -0.443 e. The van der Waals surface area contributed by atoms with Gasteiger partial charge in [0.2, 0.25) is 10.0 Å². The topological polar surface area (TPSA) is 323 Å². The van der Waals surface area contributed by atoms with Gasteiger partial charge in [0.05, 0.1) is 45.2 Å². The Morgan fingerprint density at radius 2 is 0.835 bits per heavy atom. The number of ether oxygens (including phenoxy) is 4. The number of thiophene rings is 3. The summed E-state index contributed by atoms with van der Waals surface area (Å²) in [5.74, 6) is 2.45. The van der Waals surface area contributed by atoms with Gasteiger partial charge in [0.15, 0.2) is 23.3 Å². The van der Waals surface area contributed by atoms with Crippen molar-refractivity contribution < 1.29 is 46.5 Å². The molecule has 4 amide bonds. The van der Waals surface area contributed by atoms with Crippen LogP contribution in [0.1, 0.15) is 90.0 Å². The molecule has 5 N–H and O–H groups in total. The van der Waals surface area contributed by atoms with Crippen LogP contribution in [0.4, 0.5) is 54.1 Å². The third-order valence-electron chi connectivity index (χ3n) is 14.4. The number of rotatable bonds is 9. The molecule has 3 aromatic carbocycles. The molecule has 33 heteroatoms. The maximum Gasteiger partial charge on any atom is 0.425 e. The van der Waals surface area contributed by atoms with Crippen LogP contribution in [-0.4, -0.2) is 157 Å². The number of hydrogen-bond donors (Lipinski definition) is 3. The van der Waals surface area contributed by atoms with Gasteiger partial charge < -0.3 is 45.5 Å². The molecule has 0 bridgehead atoms. The molecule has 26 nitrogen and oxygen atoms in total. The van der Waals surface area contributed by atoms with Gasteiger partial charge in [-0.1, -0.05) is 54.6 Å². The van der Waals surface area contributed by atoms with Crippen LogP contribution in [0.2, 0.25) is 0 Å². The summed E-state index contributed by atoms with van der Waals surface area (Å²) in [4.78, 5) is 96.4. The van der Waals surface area contributed by atoms with Gasteiger partial charge in [-0.25, -0.2) is 67.5 Å². The molecule has 2 fully saturated rings. The Morgan fingerprint density at radius 3 is 1.23 bits per heavy atom. The molecular formula is C70H81Br3N16O10S4. The number of anilines is 6. The van der Waals surface area contributed by atoms with E-state index in [9.17, 15) is 27.6 Å². The number of fused-ring (bicyclic) bond motifs is 3. The summed E-state index contributed by atoms with van der Waals surface area (Å²) in [6.07, 6.45) is 2.71. The van der Waals surface area contributed by atoms with Crippen LogP contribution in [0, 0.1) is 0 Å². The molecule has 103 heavy (non-hydrogen) atoms. The van der Waals surface area contributed by atoms with Gasteiger partial charge >= 0.3 is 24.4 Å². The van der Waals surface area contributed by atoms with E-state index >= 15 is 0 Å². The highest BCUT2D eigenvalue weighted by molar-refractivity contribution is 9.11. The minimum atomic E-state index is -3.15. The highest BCUT2D eigenvalue weighted by Gasteiger charge is 2.39. The lowest BCUT2D eigenvalue weighted by atomic mass is 10.2. The first-order valence-electron chi connectivity index (χ1n) is 32.6. The third-order valence-corrected chi connectivity index (χ3v) is 21.0. The van der Waals surface area contributed by atoms with Gasteiger partial charge in [-0.05, 0) is 190 Å². The Kier molecular flexibility index (Phi) is 25.5. The largest absolute Gasteiger partial charge is 0.443 e. The van der Waals surface area contributed by atoms with E-state index in [1.807, 2.05) is 72.8 Å². The van der Waals surface area contributed by atoms with Crippen LogP contribution in [0.15, 0.2) is 130 Å². The zero-order valence-corrected chi connectivity index (χ0v) is 67.2. The fourth-order valence-corrected chi connectivity index (χ4v) is 15.2. The van der Waals surface area contributed by atoms with E-state index < -0.39 is 56.8 Å². The van der Waals surface area contributed by atoms with Crippen LogP contribution >= 0.6 is 81.8 Å². The standard InChI is InChI=1S/C26H33N5O4S.C22H24BrN3O4S.C18H21N5O2S2.C4H3Br2N3/c1-25(2,3)34-23(32)31(24(33)35-26(4,5)6)22-21(19-15-17-9-7-8-10-18(17)36-19)29-20(16-28-22)30-13-11-27-12-14-30;1-21(2,3)29-19(27)26(20(28)30-22(4,5)6)18-17(25-16(23)12-24-18)15-11-13-9-7-8-10-14(13)31-15;1-2-27(24,25)23-9-7-22(8-10-23)16-12-20-18(19)17(21-16)15-11-13-5-3-4-6-14(13)26-15;5-2-1-8-4(7)3(6)9-2/h7-10,15-16,27H,11-14H2,1-6H3;7-12H,1-6H3;3-6,11-12H,2,7-10H2,1H3,(H2,19,20);1H,(H2,7,8). The Morgan fingerprint density at radius 1 is 0.485 bits per heavy atom. The maximum absolute atomic E-state index is 13.3. The number of nitrogen functional groups attached to an aromatic ring is 2. The number of halogens is 3. The second-order valence-electron chi connectivity index (χ2n) is 27.2. The van der Waals surface area contributed by atoms with Crippen LogP contribution in [0.25, 0.3) is 62.0 Å². The average Bonchev–Trinajstić information content (AvgIpc) is 1.76. The number of aromatic nitrogens is 8. The van der Waals surface area contributed by atoms with Crippen LogP contribution in [-0.2, 0) is 29.0 Å². The van der Waals surface area contributed by atoms with Gasteiger partial charge in [-0.3, -0.25) is 0 Å². The molecule has 2 aliphatic heterocycles. The predicted octanol–water partition coefficient (Wildman–Crippen LogP) is 16.2. The molecule has 0 radical (unpaired) electrons. The fourth-order valence-electron chi connectivity index (χ4n) is 9.92. The second kappa shape index (κ2) is 33.3. The van der Waals surface area contributed by atoms with Crippen molar-refractivity contribution in [1.29, 1.82) is 0 Å². The maximum atomic E-state index is 13.3. The Hall–Kier alpha value is -8.15. The Balaban J connectivity index is 0.000000170. The lowest BCUT2D eigenvalue weighted by molar-refractivity contribution is 0.0407. The molecular weight excluding hydrogens is 1590 g/mol. The first kappa shape index (κ1) is 79.0. The van der Waals surface area contributed by atoms with E-state index in [0.717, 1.165) is 82.0 Å². The molecule has 2 aliphatic rings. The zero-order chi connectivity index (χ0) is 74.9. The average molecular weight is 1670 g/mol. The first-order chi connectivity index (χ1) is 48.4. The van der Waals surface area contributed by atoms with Crippen molar-refractivity contribution in [3.63, 3.8) is 0 Å². The number of nitrogens with zero attached hydrogens (tertiary/aromatic N) is 13. The molecule has 2 saturated heterocycles. The molecule has 546 valence electrons. The molecule has 10 aromatic rings. The Bertz CT molecular complexity index is 4660. The van der Waals surface area contributed by atoms with E-state index in [-0.39, 0.29) is 17.4 Å². The third kappa shape index (κ3) is 21.5. The number of benzene rings is 3. The fraction of sp³-hybridized carbons (Fsp3) is 0.371. The second-order valence-corrected chi connectivity index (χ2v) is 35.0. The summed E-state index contributed by atoms with van der Waals surface area (Å²) >= 11 is 14.2. The van der Waals surface area contributed by atoms with Crippen molar-refractivity contribution in [3.05, 3.63) is 130 Å². The van der Waals surface area contributed by atoms with Crippen molar-refractivity contribution in [1.82, 2.24) is 49.5 Å². The lowest BCUT2D eigenvalue weighted by Crippen LogP contribution is -2.49. The molecule has 0 unspecified atom stereocenters. The summed E-state index contributed by atoms with van der Waals surface area (Å²) in [6.45, 7) is 27.8. The molecule has 0 spiro atoms. The highest BCUT2D eigenvalue weighted by Crippen LogP contribution is 2.41. The number of nitrogens with one attached hydrogen (secondary N) is 1. The van der Waals surface area contributed by atoms with E-state index in [1.54, 1.807) is 124 Å². The summed E-state index contributed by atoms with van der Waals surface area (Å²) in [6, 6.07) is 30.0. The van der Waals surface area contributed by atoms with E-state index in [2.05, 4.69) is 111 Å². The van der Waals surface area contributed by atoms with Gasteiger partial charge in [-0.15, -0.1) is 34.0 Å². The van der Waals surface area contributed by atoms with E-state index in [1.165, 1.54) is 33.6 Å². The van der Waals surface area contributed by atoms with Gasteiger partial charge in [-0.2, -0.15) is 14.1 Å². The number of nitrogens with two attached hydrogens (primary N) is 2. The van der Waals surface area contributed by atoms with Gasteiger partial charge in [0.25, 0.3) is 0 Å². The molecule has 0 saturated carbocycles. The predicted molar refractivity (Wildman–Crippen MR) is 421 cm³/mol. The molecule has 0 aliphatic carbocycles. The van der Waals surface area contributed by atoms with Crippen molar-refractivity contribution in [2.24, 2.45) is 0 Å². The number of carbonyl (C=O) groups is 4. The van der Waals surface area contributed by atoms with Gasteiger partial charge in [0.1, 0.15) is 64.9 Å². The van der Waals surface area contributed by atoms with Crippen LogP contribution in [0.3, 0.4) is 0 Å². The van der Waals surface area contributed by atoms with Gasteiger partial charge in [0, 0.05) is 66.5 Å². The minimum absolute atomic E-state index is 0.0401. The number of sulfonamides is 1. The quantitative estimate of drug-likeness (QED) is 0.113. The smallest absolute Gasteiger partial charge is 0.425 e. The molecule has 12 rings (SSSR count). The molecule has 9 heterocycles. The summed E-state index contributed by atoms with van der Waals surface area (Å²) in [7, 11) is -3.15. The summed E-state index contributed by atoms with van der Waals surface area (Å²) in [5.41, 5.74) is 9.61. The SMILES string of the molecule is CC(C)(C)OC(=O)N(C(=O)OC(C)(C)C)c1ncc(Br)nc1-c1cc2ccccc2s1.CC(C)(C)OC(=O)N(C(=O)OC(C)(C)C)c1ncc(N2CCNCC2)nc1-c1cc2ccccc2s1.CCS(=O)(=O)N1CCN(c2cnc(N)c(-c3cc4ccccc4s3)n2)CC1.Nc1ncc(Br)nc1Br. The van der Waals surface area contributed by atoms with Crippen molar-refractivity contribution >= 4 is 181 Å². The van der Waals surface area contributed by atoms with Crippen LogP contribution < -0.4 is 36.4 Å². The number of hydrogen-bond acceptors (Lipinski definition) is 26. The van der Waals surface area contributed by atoms with E-state index in [4.69, 9.17) is 40.4 Å². The highest BCUT2D eigenvalue weighted by atomic mass is 79.9. The lowest BCUT2D eigenvalue weighted by Gasteiger charge is -2.34. The van der Waals surface area contributed by atoms with Crippen LogP contribution in [0.5, 0.6) is 0 Å². The van der Waals surface area contributed by atoms with Crippen molar-refractivity contribution in [2.75, 3.05) is 89.2 Å². The normalized spacial score (nSPS) is 13.7. The van der Waals surface area contributed by atoms with E-state index in [0.29, 0.717) is 74.5 Å². The molecule has 7 aromatic heterocycles. The summed E-state index contributed by atoms with van der Waals surface area (Å²) < 4.78 is 52.7. The Labute approximate surface area is 635 Å². The van der Waals surface area contributed by atoms with Crippen molar-refractivity contribution in [3.8, 4) is 31.7 Å². The number of imide groups is 2. The first-order valence-corrected chi connectivity index (χ1v) is 39.0. The summed E-state index contributed by atoms with van der Waals surface area (Å²) in [5, 5.41) is 6.55. The zero-order valence-electron chi connectivity index (χ0n) is 59.2. The number of carbonyl (C=O) groups excluding carboxylic acids is 4. The number of amides is 4. The molecule has 0 atom stereocenters. The van der Waals surface area contributed by atoms with Crippen molar-refractivity contribution in [2.45, 2.75) is 112 Å². The number of piperazine rings is 2. The monoisotopic (exact) mass is 1670 g/mol.